The summed E-state index contributed by atoms with van der Waals surface area (Å²) >= 11 is 13.3. The minimum Gasteiger partial charge on any atom is -0.466 e. The third kappa shape index (κ3) is 4.79. The molecule has 0 bridgehead atoms. The van der Waals surface area contributed by atoms with Gasteiger partial charge in [0.2, 0.25) is 0 Å². The first-order valence-electron chi connectivity index (χ1n) is 10.7. The lowest BCUT2D eigenvalue weighted by molar-refractivity contribution is -0.134. The van der Waals surface area contributed by atoms with Gasteiger partial charge in [0.1, 0.15) is 5.82 Å². The maximum absolute atomic E-state index is 13.8. The van der Waals surface area contributed by atoms with Crippen molar-refractivity contribution in [1.82, 2.24) is 4.98 Å². The molecule has 3 nitrogen and oxygen atoms in total. The molecule has 0 aliphatic rings. The largest absolute Gasteiger partial charge is 0.466 e. The first-order chi connectivity index (χ1) is 16.4. The molecule has 0 radical (unpaired) electrons. The molecule has 4 rings (SSSR count). The molecule has 3 aromatic carbocycles. The SMILES string of the molecule is CC/C(=C(/c1ccc(/C=C/C(=O)OC)cc1)c1[nH]c2ccccc2c1Cl)c1ccc(F)cc1Cl. The van der Waals surface area contributed by atoms with Crippen LogP contribution in [0.25, 0.3) is 28.1 Å². The molecule has 1 heterocycles. The number of para-hydroxylation sites is 1. The smallest absolute Gasteiger partial charge is 0.330 e. The Bertz CT molecular complexity index is 1420. The van der Waals surface area contributed by atoms with Crippen LogP contribution in [0, 0.1) is 5.82 Å². The van der Waals surface area contributed by atoms with Crippen LogP contribution < -0.4 is 0 Å². The predicted octanol–water partition coefficient (Wildman–Crippen LogP) is 8.17. The molecule has 34 heavy (non-hydrogen) atoms. The number of H-pyrrole nitrogens is 1. The van der Waals surface area contributed by atoms with E-state index in [-0.39, 0.29) is 0 Å². The number of methoxy groups -OCH3 is 1. The fraction of sp³-hybridized carbons (Fsp3) is 0.107. The lowest BCUT2D eigenvalue weighted by Crippen LogP contribution is -1.97. The number of nitrogens with one attached hydrogen (secondary N) is 1. The van der Waals surface area contributed by atoms with E-state index in [1.54, 1.807) is 12.1 Å². The molecular weight excluding hydrogens is 472 g/mol. The average Bonchev–Trinajstić information content (AvgIpc) is 3.18. The molecule has 0 atom stereocenters. The Morgan fingerprint density at radius 3 is 2.44 bits per heavy atom. The lowest BCUT2D eigenvalue weighted by Gasteiger charge is -2.17. The van der Waals surface area contributed by atoms with E-state index in [1.165, 1.54) is 25.3 Å². The summed E-state index contributed by atoms with van der Waals surface area (Å²) in [5.74, 6) is -0.815. The third-order valence-corrected chi connectivity index (χ3v) is 6.32. The monoisotopic (exact) mass is 493 g/mol. The number of aromatic amines is 1. The fourth-order valence-corrected chi connectivity index (χ4v) is 4.57. The highest BCUT2D eigenvalue weighted by atomic mass is 35.5. The highest BCUT2D eigenvalue weighted by molar-refractivity contribution is 6.38. The second-order valence-electron chi connectivity index (χ2n) is 7.67. The predicted molar refractivity (Wildman–Crippen MR) is 138 cm³/mol. The first-order valence-corrected chi connectivity index (χ1v) is 11.5. The van der Waals surface area contributed by atoms with Crippen LogP contribution in [-0.4, -0.2) is 18.1 Å². The summed E-state index contributed by atoms with van der Waals surface area (Å²) in [6.45, 7) is 2.03. The van der Waals surface area contributed by atoms with Crippen LogP contribution in [0.15, 0.2) is 72.8 Å². The number of hydrogen-bond donors (Lipinski definition) is 1. The van der Waals surface area contributed by atoms with Crippen LogP contribution in [0.1, 0.15) is 35.7 Å². The van der Waals surface area contributed by atoms with Crippen molar-refractivity contribution in [3.63, 3.8) is 0 Å². The molecule has 0 aliphatic heterocycles. The average molecular weight is 494 g/mol. The van der Waals surface area contributed by atoms with Crippen molar-refractivity contribution >= 4 is 57.3 Å². The fourth-order valence-electron chi connectivity index (χ4n) is 3.98. The molecule has 0 aliphatic carbocycles. The third-order valence-electron chi connectivity index (χ3n) is 5.62. The topological polar surface area (TPSA) is 42.1 Å². The number of benzene rings is 3. The zero-order chi connectivity index (χ0) is 24.2. The van der Waals surface area contributed by atoms with Gasteiger partial charge in [-0.25, -0.2) is 9.18 Å². The quantitative estimate of drug-likeness (QED) is 0.167. The van der Waals surface area contributed by atoms with Crippen molar-refractivity contribution in [2.45, 2.75) is 13.3 Å². The van der Waals surface area contributed by atoms with Gasteiger partial charge < -0.3 is 9.72 Å². The van der Waals surface area contributed by atoms with Crippen molar-refractivity contribution in [1.29, 1.82) is 0 Å². The van der Waals surface area contributed by atoms with Gasteiger partial charge in [0.25, 0.3) is 0 Å². The summed E-state index contributed by atoms with van der Waals surface area (Å²) in [6, 6.07) is 20.0. The molecule has 4 aromatic rings. The number of carbonyl (C=O) groups is 1. The summed E-state index contributed by atoms with van der Waals surface area (Å²) in [5.41, 5.74) is 5.97. The first kappa shape index (κ1) is 23.8. The summed E-state index contributed by atoms with van der Waals surface area (Å²) in [7, 11) is 1.34. The van der Waals surface area contributed by atoms with E-state index in [2.05, 4.69) is 9.72 Å². The van der Waals surface area contributed by atoms with Crippen molar-refractivity contribution in [2.75, 3.05) is 7.11 Å². The van der Waals surface area contributed by atoms with Crippen LogP contribution in [-0.2, 0) is 9.53 Å². The van der Waals surface area contributed by atoms with Crippen LogP contribution in [0.3, 0.4) is 0 Å². The Morgan fingerprint density at radius 1 is 1.06 bits per heavy atom. The van der Waals surface area contributed by atoms with E-state index >= 15 is 0 Å². The van der Waals surface area contributed by atoms with Crippen molar-refractivity contribution in [3.8, 4) is 0 Å². The van der Waals surface area contributed by atoms with Crippen LogP contribution in [0.4, 0.5) is 4.39 Å². The second-order valence-corrected chi connectivity index (χ2v) is 8.45. The molecule has 0 saturated carbocycles. The number of ether oxygens (including phenoxy) is 1. The van der Waals surface area contributed by atoms with Gasteiger partial charge in [-0.15, -0.1) is 0 Å². The van der Waals surface area contributed by atoms with E-state index in [1.807, 2.05) is 55.5 Å². The van der Waals surface area contributed by atoms with Gasteiger partial charge in [-0.1, -0.05) is 78.7 Å². The number of fused-ring (bicyclic) bond motifs is 1. The molecule has 0 spiro atoms. The van der Waals surface area contributed by atoms with Gasteiger partial charge in [-0.3, -0.25) is 0 Å². The Kier molecular flexibility index (Phi) is 7.20. The van der Waals surface area contributed by atoms with Crippen molar-refractivity contribution in [2.24, 2.45) is 0 Å². The van der Waals surface area contributed by atoms with Gasteiger partial charge in [0.15, 0.2) is 0 Å². The second kappa shape index (κ2) is 10.3. The lowest BCUT2D eigenvalue weighted by atomic mass is 9.90. The number of carbonyl (C=O) groups excluding carboxylic acids is 1. The maximum atomic E-state index is 13.8. The summed E-state index contributed by atoms with van der Waals surface area (Å²) < 4.78 is 18.5. The summed E-state index contributed by atoms with van der Waals surface area (Å²) in [5, 5.41) is 1.85. The minimum absolute atomic E-state index is 0.333. The summed E-state index contributed by atoms with van der Waals surface area (Å²) in [6.07, 6.45) is 3.69. The van der Waals surface area contributed by atoms with E-state index in [0.717, 1.165) is 44.4 Å². The Labute approximate surface area is 207 Å². The van der Waals surface area contributed by atoms with Gasteiger partial charge >= 0.3 is 5.97 Å². The molecule has 172 valence electrons. The minimum atomic E-state index is -0.422. The van der Waals surface area contributed by atoms with E-state index in [4.69, 9.17) is 23.2 Å². The summed E-state index contributed by atoms with van der Waals surface area (Å²) in [4.78, 5) is 14.9. The van der Waals surface area contributed by atoms with Gasteiger partial charge in [0, 0.05) is 22.6 Å². The molecule has 6 heteroatoms. The standard InChI is InChI=1S/C28H22Cl2FNO2/c1-3-20(21-14-13-19(31)16-23(21)29)26(28-27(30)22-6-4-5-7-24(22)32-28)18-11-8-17(9-12-18)10-15-25(33)34-2/h4-16,32H,3H2,1-2H3/b15-10+,26-20+. The number of esters is 1. The van der Waals surface area contributed by atoms with Crippen molar-refractivity contribution < 1.29 is 13.9 Å². The number of allylic oxidation sites excluding steroid dienone is 1. The number of aromatic nitrogens is 1. The highest BCUT2D eigenvalue weighted by Crippen LogP contribution is 2.41. The zero-order valence-electron chi connectivity index (χ0n) is 18.7. The molecule has 0 saturated heterocycles. The molecule has 0 amide bonds. The Morgan fingerprint density at radius 2 is 1.79 bits per heavy atom. The van der Waals surface area contributed by atoms with Crippen LogP contribution >= 0.6 is 23.2 Å². The molecule has 0 unspecified atom stereocenters. The number of halogens is 3. The Hall–Kier alpha value is -3.34. The van der Waals surface area contributed by atoms with Crippen LogP contribution in [0.2, 0.25) is 10.0 Å². The number of rotatable bonds is 6. The highest BCUT2D eigenvalue weighted by Gasteiger charge is 2.20. The van der Waals surface area contributed by atoms with Gasteiger partial charge in [-0.2, -0.15) is 0 Å². The molecular formula is C28H22Cl2FNO2. The normalized spacial score (nSPS) is 12.3. The van der Waals surface area contributed by atoms with Gasteiger partial charge in [-0.05, 0) is 53.0 Å². The van der Waals surface area contributed by atoms with Gasteiger partial charge in [0.05, 0.1) is 22.8 Å². The molecule has 1 aromatic heterocycles. The molecule has 1 N–H and O–H groups in total. The maximum Gasteiger partial charge on any atom is 0.330 e. The molecule has 0 fully saturated rings. The van der Waals surface area contributed by atoms with Crippen LogP contribution in [0.5, 0.6) is 0 Å². The van der Waals surface area contributed by atoms with E-state index in [0.29, 0.717) is 16.5 Å². The van der Waals surface area contributed by atoms with Crippen molar-refractivity contribution in [3.05, 3.63) is 111 Å². The Balaban J connectivity index is 1.95. The van der Waals surface area contributed by atoms with E-state index in [9.17, 15) is 9.18 Å². The number of hydrogen-bond acceptors (Lipinski definition) is 2. The van der Waals surface area contributed by atoms with E-state index < -0.39 is 11.8 Å². The zero-order valence-corrected chi connectivity index (χ0v) is 20.2.